The first kappa shape index (κ1) is 31.4. The van der Waals surface area contributed by atoms with Gasteiger partial charge in [0.2, 0.25) is 0 Å². The molecule has 0 spiro atoms. The predicted octanol–water partition coefficient (Wildman–Crippen LogP) is 7.49. The van der Waals surface area contributed by atoms with Crippen molar-refractivity contribution < 1.29 is 18.7 Å². The van der Waals surface area contributed by atoms with Crippen molar-refractivity contribution in [2.75, 3.05) is 20.4 Å². The van der Waals surface area contributed by atoms with Gasteiger partial charge >= 0.3 is 0 Å². The number of amides is 2. The minimum atomic E-state index is -0.273. The lowest BCUT2D eigenvalue weighted by Crippen LogP contribution is -2.30. The van der Waals surface area contributed by atoms with Crippen molar-refractivity contribution in [2.45, 2.75) is 26.9 Å². The van der Waals surface area contributed by atoms with Crippen LogP contribution < -0.4 is 29.6 Å². The largest absolute Gasteiger partial charge is 0.355 e. The van der Waals surface area contributed by atoms with E-state index in [2.05, 4.69) is 46.8 Å². The molecule has 0 saturated heterocycles. The molecule has 0 unspecified atom stereocenters. The van der Waals surface area contributed by atoms with Crippen LogP contribution in [0, 0.1) is 0 Å². The summed E-state index contributed by atoms with van der Waals surface area (Å²) < 4.78 is 4.18. The number of hydrogen-bond acceptors (Lipinski definition) is 4. The van der Waals surface area contributed by atoms with Crippen LogP contribution in [0.1, 0.15) is 13.8 Å². The third-order valence-electron chi connectivity index (χ3n) is 7.50. The number of nitrogens with one attached hydrogen (secondary N) is 2. The maximum atomic E-state index is 13.0. The fourth-order valence-electron chi connectivity index (χ4n) is 4.96. The maximum Gasteiger partial charge on any atom is 0.254 e. The van der Waals surface area contributed by atoms with Crippen LogP contribution in [-0.4, -0.2) is 11.8 Å². The number of benzene rings is 3. The van der Waals surface area contributed by atoms with Gasteiger partial charge in [-0.05, 0) is 98.8 Å². The van der Waals surface area contributed by atoms with Crippen LogP contribution in [0.3, 0.4) is 0 Å². The Hall–Kier alpha value is -6.02. The standard InChI is InChI=1S/C38H36N6O2/c1-5-37(45)43(33-13-9-29(10-14-33)39-31-21-25-41(7-3)26-22-31)35-17-19-36(20-18-35)44(38(46)6-2)34-15-11-30(12-16-34)40-32-23-27-42(8-4)28-24-32/h5-6,9-28H,1-2,7-8H2,3-4H3/p+2. The van der Waals surface area contributed by atoms with Crippen LogP contribution in [0.2, 0.25) is 0 Å². The minimum absolute atomic E-state index is 0.273. The number of aromatic nitrogens is 2. The van der Waals surface area contributed by atoms with Crippen molar-refractivity contribution in [3.8, 4) is 0 Å². The number of carbonyl (C=O) groups is 2. The highest BCUT2D eigenvalue weighted by atomic mass is 16.2. The Labute approximate surface area is 270 Å². The second kappa shape index (κ2) is 14.6. The molecule has 2 aromatic heterocycles. The molecular formula is C38H38N6O2+2. The molecule has 5 rings (SSSR count). The van der Waals surface area contributed by atoms with E-state index < -0.39 is 0 Å². The summed E-state index contributed by atoms with van der Waals surface area (Å²) in [7, 11) is 0. The molecule has 0 aliphatic rings. The van der Waals surface area contributed by atoms with Gasteiger partial charge in [0.1, 0.15) is 13.1 Å². The van der Waals surface area contributed by atoms with Gasteiger partial charge < -0.3 is 10.6 Å². The van der Waals surface area contributed by atoms with Crippen molar-refractivity contribution >= 4 is 57.3 Å². The zero-order chi connectivity index (χ0) is 32.5. The fraction of sp³-hybridized carbons (Fsp3) is 0.105. The molecule has 0 saturated carbocycles. The summed E-state index contributed by atoms with van der Waals surface area (Å²) >= 11 is 0. The molecular weight excluding hydrogens is 572 g/mol. The lowest BCUT2D eigenvalue weighted by atomic mass is 10.1. The van der Waals surface area contributed by atoms with E-state index in [0.717, 1.165) is 35.8 Å². The predicted molar refractivity (Wildman–Crippen MR) is 185 cm³/mol. The van der Waals surface area contributed by atoms with Gasteiger partial charge in [0.05, 0.1) is 11.4 Å². The Morgan fingerprint density at radius 3 is 1.04 bits per heavy atom. The quantitative estimate of drug-likeness (QED) is 0.113. The fourth-order valence-corrected chi connectivity index (χ4v) is 4.96. The number of rotatable bonds is 12. The van der Waals surface area contributed by atoms with Gasteiger partial charge in [0.25, 0.3) is 11.8 Å². The van der Waals surface area contributed by atoms with Crippen LogP contribution in [0.4, 0.5) is 45.5 Å². The third-order valence-corrected chi connectivity index (χ3v) is 7.50. The highest BCUT2D eigenvalue weighted by Gasteiger charge is 2.19. The first-order valence-corrected chi connectivity index (χ1v) is 15.2. The Balaban J connectivity index is 1.35. The van der Waals surface area contributed by atoms with Crippen LogP contribution in [0.5, 0.6) is 0 Å². The Bertz CT molecular complexity index is 1660. The molecule has 230 valence electrons. The second-order valence-corrected chi connectivity index (χ2v) is 10.5. The van der Waals surface area contributed by atoms with Gasteiger partial charge in [0.15, 0.2) is 24.8 Å². The lowest BCUT2D eigenvalue weighted by molar-refractivity contribution is -0.693. The van der Waals surface area contributed by atoms with E-state index in [1.807, 2.05) is 122 Å². The zero-order valence-electron chi connectivity index (χ0n) is 26.1. The van der Waals surface area contributed by atoms with Crippen molar-refractivity contribution in [3.63, 3.8) is 0 Å². The Morgan fingerprint density at radius 2 is 0.783 bits per heavy atom. The van der Waals surface area contributed by atoms with E-state index in [1.165, 1.54) is 12.2 Å². The number of aryl methyl sites for hydroxylation is 2. The Morgan fingerprint density at radius 1 is 0.522 bits per heavy atom. The third kappa shape index (κ3) is 7.36. The van der Waals surface area contributed by atoms with Crippen LogP contribution >= 0.6 is 0 Å². The molecule has 3 aromatic carbocycles. The van der Waals surface area contributed by atoms with Gasteiger partial charge in [-0.3, -0.25) is 19.4 Å². The second-order valence-electron chi connectivity index (χ2n) is 10.5. The number of carbonyl (C=O) groups excluding carboxylic acids is 2. The van der Waals surface area contributed by atoms with E-state index in [4.69, 9.17) is 0 Å². The van der Waals surface area contributed by atoms with E-state index in [9.17, 15) is 9.59 Å². The molecule has 8 nitrogen and oxygen atoms in total. The van der Waals surface area contributed by atoms with Crippen LogP contribution in [0.15, 0.2) is 147 Å². The minimum Gasteiger partial charge on any atom is -0.355 e. The molecule has 2 amide bonds. The highest BCUT2D eigenvalue weighted by Crippen LogP contribution is 2.33. The smallest absolute Gasteiger partial charge is 0.254 e. The summed E-state index contributed by atoms with van der Waals surface area (Å²) in [5.74, 6) is -0.545. The zero-order valence-corrected chi connectivity index (χ0v) is 26.1. The molecule has 0 aliphatic carbocycles. The first-order chi connectivity index (χ1) is 22.4. The van der Waals surface area contributed by atoms with Crippen molar-refractivity contribution in [2.24, 2.45) is 0 Å². The summed E-state index contributed by atoms with van der Waals surface area (Å²) in [6.07, 6.45) is 10.7. The molecule has 0 radical (unpaired) electrons. The molecule has 46 heavy (non-hydrogen) atoms. The van der Waals surface area contributed by atoms with Gasteiger partial charge in [-0.1, -0.05) is 13.2 Å². The summed E-state index contributed by atoms with van der Waals surface area (Å²) in [4.78, 5) is 29.3. The van der Waals surface area contributed by atoms with Crippen LogP contribution in [-0.2, 0) is 22.7 Å². The Kier molecular flexibility index (Phi) is 9.99. The van der Waals surface area contributed by atoms with Crippen molar-refractivity contribution in [1.82, 2.24) is 0 Å². The molecule has 0 fully saturated rings. The number of anilines is 8. The summed E-state index contributed by atoms with van der Waals surface area (Å²) in [6, 6.07) is 30.6. The van der Waals surface area contributed by atoms with Crippen molar-refractivity contribution in [1.29, 1.82) is 0 Å². The van der Waals surface area contributed by atoms with Crippen LogP contribution in [0.25, 0.3) is 0 Å². The first-order valence-electron chi connectivity index (χ1n) is 15.2. The number of hydrogen-bond donors (Lipinski definition) is 2. The maximum absolute atomic E-state index is 13.0. The van der Waals surface area contributed by atoms with E-state index in [0.29, 0.717) is 22.7 Å². The summed E-state index contributed by atoms with van der Waals surface area (Å²) in [5, 5.41) is 6.78. The summed E-state index contributed by atoms with van der Waals surface area (Å²) in [6.45, 7) is 13.4. The average Bonchev–Trinajstić information content (AvgIpc) is 3.11. The van der Waals surface area contributed by atoms with E-state index in [-0.39, 0.29) is 11.8 Å². The van der Waals surface area contributed by atoms with Gasteiger partial charge in [-0.25, -0.2) is 9.13 Å². The summed E-state index contributed by atoms with van der Waals surface area (Å²) in [5.41, 5.74) is 6.38. The van der Waals surface area contributed by atoms with Gasteiger partial charge in [-0.2, -0.15) is 0 Å². The SMILES string of the molecule is C=CC(=O)N(c1ccc(Nc2cc[n+](CC)cc2)cc1)c1ccc(N(C(=O)C=C)c2ccc(Nc3cc[n+](CC)cc3)cc2)cc1. The number of pyridine rings is 2. The monoisotopic (exact) mass is 610 g/mol. The van der Waals surface area contributed by atoms with Crippen molar-refractivity contribution in [3.05, 3.63) is 147 Å². The molecule has 5 aromatic rings. The molecule has 0 aliphatic heterocycles. The molecule has 2 heterocycles. The average molecular weight is 611 g/mol. The molecule has 0 atom stereocenters. The van der Waals surface area contributed by atoms with Gasteiger partial charge in [-0.15, -0.1) is 0 Å². The topological polar surface area (TPSA) is 72.4 Å². The molecule has 2 N–H and O–H groups in total. The number of nitrogens with zero attached hydrogens (tertiary/aromatic N) is 4. The lowest BCUT2D eigenvalue weighted by Gasteiger charge is -2.25. The molecule has 8 heteroatoms. The van der Waals surface area contributed by atoms with E-state index in [1.54, 1.807) is 9.80 Å². The van der Waals surface area contributed by atoms with E-state index >= 15 is 0 Å². The normalized spacial score (nSPS) is 10.5. The molecule has 0 bridgehead atoms. The van der Waals surface area contributed by atoms with Gasteiger partial charge in [0, 0.05) is 58.4 Å². The highest BCUT2D eigenvalue weighted by molar-refractivity contribution is 6.08.